The van der Waals surface area contributed by atoms with E-state index in [1.807, 2.05) is 44.3 Å². The quantitative estimate of drug-likeness (QED) is 0.293. The van der Waals surface area contributed by atoms with Gasteiger partial charge in [0.15, 0.2) is 0 Å². The molecule has 1 N–H and O–H groups in total. The van der Waals surface area contributed by atoms with Gasteiger partial charge in [-0.15, -0.1) is 0 Å². The first-order valence-electron chi connectivity index (χ1n) is 13.4. The Kier molecular flexibility index (Phi) is 13.6. The molecule has 40 heavy (non-hydrogen) atoms. The van der Waals surface area contributed by atoms with E-state index in [9.17, 15) is 13.2 Å². The second kappa shape index (κ2) is 16.6. The van der Waals surface area contributed by atoms with Gasteiger partial charge >= 0.3 is 5.97 Å². The number of carboxylic acid groups (broad SMARTS) is 1. The van der Waals surface area contributed by atoms with Crippen molar-refractivity contribution in [2.45, 2.75) is 38.1 Å². The number of rotatable bonds is 14. The van der Waals surface area contributed by atoms with Crippen LogP contribution in [0.1, 0.15) is 42.6 Å². The van der Waals surface area contributed by atoms with Crippen molar-refractivity contribution >= 4 is 21.8 Å². The van der Waals surface area contributed by atoms with Crippen LogP contribution in [0.3, 0.4) is 0 Å². The lowest BCUT2D eigenvalue weighted by atomic mass is 10.2. The SMILES string of the molecule is CCCN(CCC)S(=O)(=O)c1ccc(C(=O)O)cc1.COc1ccc(CN(CCN(C)C)c2ccccn2)cc1. The number of ether oxygens (including phenoxy) is 1. The van der Waals surface area contributed by atoms with Crippen LogP contribution in [-0.2, 0) is 16.6 Å². The van der Waals surface area contributed by atoms with Crippen molar-refractivity contribution in [2.75, 3.05) is 52.3 Å². The highest BCUT2D eigenvalue weighted by Crippen LogP contribution is 2.18. The van der Waals surface area contributed by atoms with Crippen molar-refractivity contribution in [3.63, 3.8) is 0 Å². The number of benzene rings is 2. The summed E-state index contributed by atoms with van der Waals surface area (Å²) in [5.41, 5.74) is 1.33. The van der Waals surface area contributed by atoms with Gasteiger partial charge in [0, 0.05) is 38.9 Å². The summed E-state index contributed by atoms with van der Waals surface area (Å²) in [4.78, 5) is 19.8. The molecular formula is C30H42N4O5S. The number of carboxylic acids is 1. The molecule has 218 valence electrons. The number of carbonyl (C=O) groups is 1. The zero-order chi connectivity index (χ0) is 29.5. The molecular weight excluding hydrogens is 528 g/mol. The molecule has 0 spiro atoms. The predicted molar refractivity (Wildman–Crippen MR) is 160 cm³/mol. The molecule has 1 aromatic heterocycles. The first-order valence-corrected chi connectivity index (χ1v) is 14.8. The van der Waals surface area contributed by atoms with Crippen LogP contribution in [0.4, 0.5) is 5.82 Å². The number of methoxy groups -OCH3 is 1. The summed E-state index contributed by atoms with van der Waals surface area (Å²) in [5.74, 6) is 0.828. The highest BCUT2D eigenvalue weighted by Gasteiger charge is 2.23. The Morgan fingerprint density at radius 3 is 1.98 bits per heavy atom. The fraction of sp³-hybridized carbons (Fsp3) is 0.400. The molecule has 0 aliphatic rings. The molecule has 0 saturated carbocycles. The van der Waals surface area contributed by atoms with Crippen LogP contribution in [-0.4, -0.2) is 81.1 Å². The summed E-state index contributed by atoms with van der Waals surface area (Å²) in [7, 11) is 2.33. The number of hydrogen-bond donors (Lipinski definition) is 1. The van der Waals surface area contributed by atoms with Crippen molar-refractivity contribution in [1.82, 2.24) is 14.2 Å². The highest BCUT2D eigenvalue weighted by molar-refractivity contribution is 7.89. The van der Waals surface area contributed by atoms with Crippen LogP contribution < -0.4 is 9.64 Å². The molecule has 9 nitrogen and oxygen atoms in total. The second-order valence-corrected chi connectivity index (χ2v) is 11.4. The first kappa shape index (κ1) is 32.7. The zero-order valence-electron chi connectivity index (χ0n) is 24.2. The Labute approximate surface area is 239 Å². The lowest BCUT2D eigenvalue weighted by Gasteiger charge is -2.25. The van der Waals surface area contributed by atoms with Crippen LogP contribution in [0.15, 0.2) is 77.8 Å². The predicted octanol–water partition coefficient (Wildman–Crippen LogP) is 4.85. The van der Waals surface area contributed by atoms with Crippen molar-refractivity contribution in [1.29, 1.82) is 0 Å². The van der Waals surface area contributed by atoms with Gasteiger partial charge < -0.3 is 19.6 Å². The smallest absolute Gasteiger partial charge is 0.335 e. The Morgan fingerprint density at radius 2 is 1.50 bits per heavy atom. The Hall–Kier alpha value is -3.47. The lowest BCUT2D eigenvalue weighted by molar-refractivity contribution is 0.0696. The van der Waals surface area contributed by atoms with Crippen LogP contribution in [0.2, 0.25) is 0 Å². The van der Waals surface area contributed by atoms with Gasteiger partial charge in [-0.05, 0) is 81.0 Å². The summed E-state index contributed by atoms with van der Waals surface area (Å²) in [6.07, 6.45) is 3.32. The molecule has 3 rings (SSSR count). The van der Waals surface area contributed by atoms with E-state index in [1.54, 1.807) is 7.11 Å². The van der Waals surface area contributed by atoms with Crippen molar-refractivity contribution < 1.29 is 23.1 Å². The van der Waals surface area contributed by atoms with Gasteiger partial charge in [-0.3, -0.25) is 0 Å². The maximum Gasteiger partial charge on any atom is 0.335 e. The van der Waals surface area contributed by atoms with Gasteiger partial charge in [-0.1, -0.05) is 32.0 Å². The zero-order valence-corrected chi connectivity index (χ0v) is 25.0. The Bertz CT molecular complexity index is 1250. The number of sulfonamides is 1. The van der Waals surface area contributed by atoms with E-state index < -0.39 is 16.0 Å². The average Bonchev–Trinajstić information content (AvgIpc) is 2.96. The summed E-state index contributed by atoms with van der Waals surface area (Å²) >= 11 is 0. The lowest BCUT2D eigenvalue weighted by Crippen LogP contribution is -2.32. The molecule has 0 amide bonds. The minimum atomic E-state index is -3.53. The molecule has 0 saturated heterocycles. The fourth-order valence-corrected chi connectivity index (χ4v) is 5.48. The number of pyridine rings is 1. The number of anilines is 1. The monoisotopic (exact) mass is 570 g/mol. The van der Waals surface area contributed by atoms with Gasteiger partial charge in [-0.25, -0.2) is 18.2 Å². The molecule has 0 aliphatic carbocycles. The molecule has 10 heteroatoms. The standard InChI is InChI=1S/C17H23N3O.C13H19NO4S/c1-19(2)12-13-20(17-6-4-5-11-18-17)14-15-7-9-16(21-3)10-8-15;1-3-9-14(10-4-2)19(17,18)12-7-5-11(6-8-12)13(15)16/h4-11H,12-14H2,1-3H3;5-8H,3-4,9-10H2,1-2H3,(H,15,16). The van der Waals surface area contributed by atoms with Gasteiger partial charge in [-0.2, -0.15) is 4.31 Å². The molecule has 3 aromatic rings. The van der Waals surface area contributed by atoms with Gasteiger partial charge in [0.2, 0.25) is 10.0 Å². The highest BCUT2D eigenvalue weighted by atomic mass is 32.2. The van der Waals surface area contributed by atoms with E-state index in [0.29, 0.717) is 13.1 Å². The van der Waals surface area contributed by atoms with E-state index in [4.69, 9.17) is 9.84 Å². The number of hydrogen-bond acceptors (Lipinski definition) is 7. The molecule has 2 aromatic carbocycles. The summed E-state index contributed by atoms with van der Waals surface area (Å²) < 4.78 is 31.4. The third-order valence-corrected chi connectivity index (χ3v) is 7.92. The van der Waals surface area contributed by atoms with Crippen molar-refractivity contribution in [3.05, 3.63) is 84.1 Å². The van der Waals surface area contributed by atoms with Crippen LogP contribution in [0, 0.1) is 0 Å². The molecule has 0 atom stereocenters. The van der Waals surface area contributed by atoms with Crippen LogP contribution in [0.25, 0.3) is 0 Å². The van der Waals surface area contributed by atoms with E-state index in [-0.39, 0.29) is 10.5 Å². The van der Waals surface area contributed by atoms with Crippen molar-refractivity contribution in [2.24, 2.45) is 0 Å². The largest absolute Gasteiger partial charge is 0.497 e. The van der Waals surface area contributed by atoms with E-state index in [1.165, 1.54) is 34.1 Å². The third kappa shape index (κ3) is 10.3. The summed E-state index contributed by atoms with van der Waals surface area (Å²) in [6.45, 7) is 7.56. The third-order valence-electron chi connectivity index (χ3n) is 6.01. The average molecular weight is 571 g/mol. The minimum Gasteiger partial charge on any atom is -0.497 e. The maximum atomic E-state index is 12.4. The number of aromatic carboxylic acids is 1. The minimum absolute atomic E-state index is 0.0801. The normalized spacial score (nSPS) is 11.2. The van der Waals surface area contributed by atoms with Gasteiger partial charge in [0.25, 0.3) is 0 Å². The summed E-state index contributed by atoms with van der Waals surface area (Å²) in [5, 5.41) is 8.80. The Morgan fingerprint density at radius 1 is 0.875 bits per heavy atom. The second-order valence-electron chi connectivity index (χ2n) is 9.49. The van der Waals surface area contributed by atoms with E-state index in [0.717, 1.165) is 44.0 Å². The number of likely N-dealkylation sites (N-methyl/N-ethyl adjacent to an activating group) is 1. The fourth-order valence-electron chi connectivity index (χ4n) is 3.86. The topological polar surface area (TPSA) is 103 Å². The molecule has 0 bridgehead atoms. The molecule has 0 unspecified atom stereocenters. The molecule has 1 heterocycles. The maximum absolute atomic E-state index is 12.4. The number of nitrogens with zero attached hydrogens (tertiary/aromatic N) is 4. The van der Waals surface area contributed by atoms with Crippen LogP contribution >= 0.6 is 0 Å². The number of aromatic nitrogens is 1. The first-order chi connectivity index (χ1) is 19.1. The Balaban J connectivity index is 0.000000282. The van der Waals surface area contributed by atoms with Crippen LogP contribution in [0.5, 0.6) is 5.75 Å². The molecule has 0 aliphatic heterocycles. The van der Waals surface area contributed by atoms with Gasteiger partial charge in [0.1, 0.15) is 11.6 Å². The van der Waals surface area contributed by atoms with E-state index in [2.05, 4.69) is 47.1 Å². The van der Waals surface area contributed by atoms with E-state index >= 15 is 0 Å². The van der Waals surface area contributed by atoms with Crippen molar-refractivity contribution in [3.8, 4) is 5.75 Å². The molecule has 0 fully saturated rings. The van der Waals surface area contributed by atoms with Gasteiger partial charge in [0.05, 0.1) is 17.6 Å². The summed E-state index contributed by atoms with van der Waals surface area (Å²) in [6, 6.07) is 19.5. The molecule has 0 radical (unpaired) electrons.